The molecule has 0 bridgehead atoms. The van der Waals surface area contributed by atoms with E-state index in [9.17, 15) is 0 Å². The summed E-state index contributed by atoms with van der Waals surface area (Å²) in [5, 5.41) is 2.73. The van der Waals surface area contributed by atoms with E-state index in [2.05, 4.69) is 49.9 Å². The van der Waals surface area contributed by atoms with Gasteiger partial charge in [0.05, 0.1) is 0 Å². The number of rotatable bonds is 2. The summed E-state index contributed by atoms with van der Waals surface area (Å²) in [4.78, 5) is 2.46. The first-order chi connectivity index (χ1) is 12.2. The zero-order valence-corrected chi connectivity index (χ0v) is 15.4. The zero-order valence-electron chi connectivity index (χ0n) is 15.4. The van der Waals surface area contributed by atoms with Gasteiger partial charge in [0.2, 0.25) is 0 Å². The number of fused-ring (bicyclic) bond motifs is 6. The predicted molar refractivity (Wildman–Crippen MR) is 104 cm³/mol. The summed E-state index contributed by atoms with van der Waals surface area (Å²) in [6, 6.07) is 9.15. The van der Waals surface area contributed by atoms with Crippen molar-refractivity contribution in [3.8, 4) is 11.5 Å². The van der Waals surface area contributed by atoms with Crippen molar-refractivity contribution in [2.45, 2.75) is 46.5 Å². The van der Waals surface area contributed by atoms with Crippen molar-refractivity contribution in [1.82, 2.24) is 0 Å². The fourth-order valence-electron chi connectivity index (χ4n) is 4.91. The molecule has 2 aliphatic heterocycles. The highest BCUT2D eigenvalue weighted by Gasteiger charge is 2.29. The highest BCUT2D eigenvalue weighted by molar-refractivity contribution is 5.80. The molecular weight excluding hydrogens is 306 g/mol. The minimum Gasteiger partial charge on any atom is -0.455 e. The summed E-state index contributed by atoms with van der Waals surface area (Å²) in [7, 11) is 0. The Bertz CT molecular complexity index is 1020. The van der Waals surface area contributed by atoms with Gasteiger partial charge in [-0.3, -0.25) is 0 Å². The molecule has 0 atom stereocenters. The van der Waals surface area contributed by atoms with Crippen molar-refractivity contribution < 1.29 is 4.74 Å². The topological polar surface area (TPSA) is 12.5 Å². The Kier molecular flexibility index (Phi) is 3.25. The standard InChI is InChI=1S/C23H25NO/c1-4-15-6-7-19-18(15)9-8-16-14(3)17-10-11-21-20(12-13-24(21)5-2)23(17)25-22(16)19/h8-11H,4-7,12-13H2,1-3H3. The van der Waals surface area contributed by atoms with Gasteiger partial charge in [-0.05, 0) is 62.5 Å². The minimum atomic E-state index is 1.06. The van der Waals surface area contributed by atoms with Gasteiger partial charge < -0.3 is 9.64 Å². The van der Waals surface area contributed by atoms with Crippen molar-refractivity contribution in [2.75, 3.05) is 18.0 Å². The number of nitrogens with zero attached hydrogens (tertiary/aromatic N) is 1. The van der Waals surface area contributed by atoms with E-state index in [1.54, 1.807) is 5.57 Å². The van der Waals surface area contributed by atoms with E-state index < -0.39 is 0 Å². The number of anilines is 1. The lowest BCUT2D eigenvalue weighted by Gasteiger charge is -2.24. The average molecular weight is 331 g/mol. The van der Waals surface area contributed by atoms with E-state index in [4.69, 9.17) is 4.74 Å². The van der Waals surface area contributed by atoms with Gasteiger partial charge in [0.1, 0.15) is 11.5 Å². The predicted octanol–water partition coefficient (Wildman–Crippen LogP) is 3.90. The molecule has 0 fully saturated rings. The molecule has 0 aromatic heterocycles. The molecule has 1 aliphatic carbocycles. The Morgan fingerprint density at radius 3 is 2.56 bits per heavy atom. The van der Waals surface area contributed by atoms with Crippen molar-refractivity contribution in [1.29, 1.82) is 0 Å². The summed E-state index contributed by atoms with van der Waals surface area (Å²) >= 11 is 0. The minimum absolute atomic E-state index is 1.06. The first-order valence-electron chi connectivity index (χ1n) is 9.66. The Morgan fingerprint density at radius 2 is 1.76 bits per heavy atom. The van der Waals surface area contributed by atoms with Crippen LogP contribution < -0.4 is 20.1 Å². The third-order valence-electron chi connectivity index (χ3n) is 6.35. The van der Waals surface area contributed by atoms with Crippen molar-refractivity contribution in [3.63, 3.8) is 0 Å². The molecular formula is C23H25NO. The van der Waals surface area contributed by atoms with Crippen molar-refractivity contribution in [3.05, 3.63) is 51.4 Å². The third kappa shape index (κ3) is 1.97. The lowest BCUT2D eigenvalue weighted by molar-refractivity contribution is 0.461. The smallest absolute Gasteiger partial charge is 0.140 e. The van der Waals surface area contributed by atoms with E-state index in [1.807, 2.05) is 0 Å². The maximum atomic E-state index is 6.66. The molecule has 0 saturated heterocycles. The summed E-state index contributed by atoms with van der Waals surface area (Å²) in [6.07, 6.45) is 4.55. The van der Waals surface area contributed by atoms with Gasteiger partial charge in [-0.2, -0.15) is 0 Å². The number of benzene rings is 2. The first kappa shape index (κ1) is 15.1. The van der Waals surface area contributed by atoms with Gasteiger partial charge in [0.25, 0.3) is 0 Å². The molecule has 25 heavy (non-hydrogen) atoms. The number of likely N-dealkylation sites (N-methyl/N-ethyl adjacent to an activating group) is 1. The molecule has 0 spiro atoms. The van der Waals surface area contributed by atoms with Gasteiger partial charge in [-0.1, -0.05) is 24.6 Å². The number of hydrogen-bond donors (Lipinski definition) is 0. The van der Waals surface area contributed by atoms with Crippen molar-refractivity contribution in [2.24, 2.45) is 0 Å². The molecule has 2 aromatic rings. The van der Waals surface area contributed by atoms with Crippen LogP contribution in [0.1, 0.15) is 50.3 Å². The van der Waals surface area contributed by atoms with Crippen LogP contribution in [0, 0.1) is 0 Å². The van der Waals surface area contributed by atoms with Crippen LogP contribution in [0.4, 0.5) is 5.69 Å². The second kappa shape index (κ2) is 5.39. The van der Waals surface area contributed by atoms with Crippen LogP contribution in [-0.4, -0.2) is 13.1 Å². The van der Waals surface area contributed by atoms with E-state index in [1.165, 1.54) is 44.8 Å². The van der Waals surface area contributed by atoms with Crippen LogP contribution in [0.5, 0.6) is 11.5 Å². The quantitative estimate of drug-likeness (QED) is 0.827. The van der Waals surface area contributed by atoms with Crippen LogP contribution in [-0.2, 0) is 12.8 Å². The van der Waals surface area contributed by atoms with Gasteiger partial charge in [0.15, 0.2) is 0 Å². The van der Waals surface area contributed by atoms with Crippen LogP contribution >= 0.6 is 0 Å². The normalized spacial score (nSPS) is 17.2. The maximum Gasteiger partial charge on any atom is 0.140 e. The molecule has 0 N–H and O–H groups in total. The zero-order chi connectivity index (χ0) is 17.1. The van der Waals surface area contributed by atoms with E-state index in [0.717, 1.165) is 43.9 Å². The largest absolute Gasteiger partial charge is 0.455 e. The lowest BCUT2D eigenvalue weighted by atomic mass is 9.95. The summed E-state index contributed by atoms with van der Waals surface area (Å²) < 4.78 is 6.66. The highest BCUT2D eigenvalue weighted by Crippen LogP contribution is 2.44. The number of ether oxygens (including phenoxy) is 1. The fraction of sp³-hybridized carbons (Fsp3) is 0.391. The molecule has 128 valence electrons. The first-order valence-corrected chi connectivity index (χ1v) is 9.66. The number of hydrogen-bond acceptors (Lipinski definition) is 2. The fourth-order valence-corrected chi connectivity index (χ4v) is 4.91. The van der Waals surface area contributed by atoms with Crippen LogP contribution in [0.15, 0.2) is 24.3 Å². The molecule has 0 radical (unpaired) electrons. The van der Waals surface area contributed by atoms with Crippen LogP contribution in [0.25, 0.3) is 11.1 Å². The Morgan fingerprint density at radius 1 is 0.920 bits per heavy atom. The molecule has 2 aromatic carbocycles. The molecule has 2 heteroatoms. The van der Waals surface area contributed by atoms with Crippen LogP contribution in [0.2, 0.25) is 0 Å². The molecule has 0 amide bonds. The summed E-state index contributed by atoms with van der Waals surface area (Å²) in [5.41, 5.74) is 8.43. The molecule has 3 aliphatic rings. The highest BCUT2D eigenvalue weighted by atomic mass is 16.5. The van der Waals surface area contributed by atoms with E-state index in [-0.39, 0.29) is 0 Å². The third-order valence-corrected chi connectivity index (χ3v) is 6.35. The monoisotopic (exact) mass is 331 g/mol. The van der Waals surface area contributed by atoms with Gasteiger partial charge in [-0.25, -0.2) is 0 Å². The maximum absolute atomic E-state index is 6.66. The molecule has 0 saturated carbocycles. The molecule has 2 nitrogen and oxygen atoms in total. The second-order valence-corrected chi connectivity index (χ2v) is 7.42. The van der Waals surface area contributed by atoms with Crippen LogP contribution in [0.3, 0.4) is 0 Å². The van der Waals surface area contributed by atoms with Gasteiger partial charge in [-0.15, -0.1) is 0 Å². The SMILES string of the molecule is CCC1=c2ccc3c(c2CC1)Oc1c(ccc2c1CCN2CC)C=3C. The summed E-state index contributed by atoms with van der Waals surface area (Å²) in [6.45, 7) is 8.93. The average Bonchev–Trinajstić information content (AvgIpc) is 3.25. The van der Waals surface area contributed by atoms with E-state index >= 15 is 0 Å². The summed E-state index contributed by atoms with van der Waals surface area (Å²) in [5.74, 6) is 2.26. The Labute approximate surface area is 149 Å². The van der Waals surface area contributed by atoms with Gasteiger partial charge in [0, 0.05) is 40.7 Å². The Balaban J connectivity index is 1.77. The second-order valence-electron chi connectivity index (χ2n) is 7.42. The van der Waals surface area contributed by atoms with Crippen molar-refractivity contribution >= 4 is 16.8 Å². The molecule has 0 unspecified atom stereocenters. The van der Waals surface area contributed by atoms with Gasteiger partial charge >= 0.3 is 0 Å². The van der Waals surface area contributed by atoms with E-state index in [0.29, 0.717) is 0 Å². The Hall–Kier alpha value is -2.22. The molecule has 2 heterocycles. The lowest BCUT2D eigenvalue weighted by Crippen LogP contribution is -2.22. The molecule has 5 rings (SSSR count).